The number of carboxylic acids is 1. The Morgan fingerprint density at radius 1 is 1.41 bits per heavy atom. The number of carboxylic acid groups (broad SMARTS) is 1. The second-order valence-corrected chi connectivity index (χ2v) is 5.06. The Labute approximate surface area is 101 Å². The van der Waals surface area contributed by atoms with E-state index in [9.17, 15) is 9.59 Å². The second kappa shape index (κ2) is 5.14. The first-order valence-electron chi connectivity index (χ1n) is 6.09. The molecule has 1 N–H and O–H groups in total. The third kappa shape index (κ3) is 2.66. The summed E-state index contributed by atoms with van der Waals surface area (Å²) < 4.78 is 5.03. The van der Waals surface area contributed by atoms with Gasteiger partial charge in [0.1, 0.15) is 5.78 Å². The van der Waals surface area contributed by atoms with Crippen molar-refractivity contribution in [3.63, 3.8) is 0 Å². The van der Waals surface area contributed by atoms with E-state index in [-0.39, 0.29) is 23.5 Å². The zero-order valence-electron chi connectivity index (χ0n) is 10.1. The van der Waals surface area contributed by atoms with Crippen molar-refractivity contribution in [1.82, 2.24) is 4.90 Å². The van der Waals surface area contributed by atoms with Gasteiger partial charge in [0.2, 0.25) is 0 Å². The van der Waals surface area contributed by atoms with Crippen molar-refractivity contribution in [2.24, 2.45) is 17.8 Å². The lowest BCUT2D eigenvalue weighted by atomic mass is 9.71. The van der Waals surface area contributed by atoms with E-state index < -0.39 is 5.97 Å². The van der Waals surface area contributed by atoms with Crippen molar-refractivity contribution < 1.29 is 19.4 Å². The minimum absolute atomic E-state index is 0.0829. The van der Waals surface area contributed by atoms with Gasteiger partial charge in [-0.25, -0.2) is 0 Å². The number of rotatable bonds is 4. The third-order valence-corrected chi connectivity index (χ3v) is 3.86. The minimum Gasteiger partial charge on any atom is -0.481 e. The molecule has 1 heterocycles. The van der Waals surface area contributed by atoms with Gasteiger partial charge in [0.25, 0.3) is 0 Å². The molecule has 1 aliphatic carbocycles. The Kier molecular flexibility index (Phi) is 3.79. The number of aliphatic carboxylic acids is 1. The number of carbonyl (C=O) groups is 2. The molecule has 2 fully saturated rings. The number of likely N-dealkylation sites (tertiary alicyclic amines) is 1. The van der Waals surface area contributed by atoms with Crippen molar-refractivity contribution in [2.45, 2.75) is 12.8 Å². The highest BCUT2D eigenvalue weighted by Crippen LogP contribution is 2.35. The molecular formula is C12H19NO4. The molecule has 17 heavy (non-hydrogen) atoms. The molecule has 2 bridgehead atoms. The number of piperidine rings is 1. The molecular weight excluding hydrogens is 222 g/mol. The zero-order chi connectivity index (χ0) is 12.4. The summed E-state index contributed by atoms with van der Waals surface area (Å²) in [6.45, 7) is 2.88. The van der Waals surface area contributed by atoms with Gasteiger partial charge in [-0.05, 0) is 12.8 Å². The minimum atomic E-state index is -0.752. The average Bonchev–Trinajstić information content (AvgIpc) is 2.26. The molecule has 2 unspecified atom stereocenters. The van der Waals surface area contributed by atoms with E-state index in [1.165, 1.54) is 0 Å². The van der Waals surface area contributed by atoms with Gasteiger partial charge in [-0.3, -0.25) is 14.5 Å². The number of nitrogens with zero attached hydrogens (tertiary/aromatic N) is 1. The Balaban J connectivity index is 1.98. The van der Waals surface area contributed by atoms with Crippen molar-refractivity contribution in [3.8, 4) is 0 Å². The lowest BCUT2D eigenvalue weighted by Gasteiger charge is -2.41. The number of methoxy groups -OCH3 is 1. The maximum absolute atomic E-state index is 11.9. The molecule has 1 saturated carbocycles. The molecule has 96 valence electrons. The molecule has 0 aromatic carbocycles. The summed E-state index contributed by atoms with van der Waals surface area (Å²) in [5.74, 6) is -0.970. The highest BCUT2D eigenvalue weighted by atomic mass is 16.5. The van der Waals surface area contributed by atoms with Crippen LogP contribution < -0.4 is 0 Å². The average molecular weight is 241 g/mol. The van der Waals surface area contributed by atoms with Crippen molar-refractivity contribution in [2.75, 3.05) is 33.4 Å². The Bertz CT molecular complexity index is 300. The van der Waals surface area contributed by atoms with E-state index in [0.717, 1.165) is 6.54 Å². The second-order valence-electron chi connectivity index (χ2n) is 5.06. The van der Waals surface area contributed by atoms with Crippen molar-refractivity contribution in [3.05, 3.63) is 0 Å². The van der Waals surface area contributed by atoms with Crippen LogP contribution in [-0.2, 0) is 14.3 Å². The van der Waals surface area contributed by atoms with Gasteiger partial charge >= 0.3 is 5.97 Å². The van der Waals surface area contributed by atoms with Crippen LogP contribution in [0.5, 0.6) is 0 Å². The number of hydrogen-bond acceptors (Lipinski definition) is 4. The Morgan fingerprint density at radius 3 is 2.47 bits per heavy atom. The van der Waals surface area contributed by atoms with Crippen molar-refractivity contribution >= 4 is 11.8 Å². The zero-order valence-corrected chi connectivity index (χ0v) is 10.1. The highest BCUT2D eigenvalue weighted by Gasteiger charge is 2.43. The fourth-order valence-electron chi connectivity index (χ4n) is 2.98. The van der Waals surface area contributed by atoms with E-state index in [1.807, 2.05) is 0 Å². The molecule has 0 radical (unpaired) electrons. The van der Waals surface area contributed by atoms with Crippen LogP contribution in [0.3, 0.4) is 0 Å². The molecule has 5 nitrogen and oxygen atoms in total. The molecule has 1 aliphatic heterocycles. The molecule has 2 rings (SSSR count). The van der Waals surface area contributed by atoms with Crippen LogP contribution in [0, 0.1) is 17.8 Å². The largest absolute Gasteiger partial charge is 0.481 e. The molecule has 5 heteroatoms. The van der Waals surface area contributed by atoms with Crippen LogP contribution in [0.25, 0.3) is 0 Å². The molecule has 2 aliphatic rings. The Morgan fingerprint density at radius 2 is 2.00 bits per heavy atom. The maximum atomic E-state index is 11.9. The lowest BCUT2D eigenvalue weighted by Crippen LogP contribution is -2.52. The SMILES string of the molecule is COCCN1CC2CC(C(=O)O)CC(C1)C2=O. The third-order valence-electron chi connectivity index (χ3n) is 3.86. The van der Waals surface area contributed by atoms with Gasteiger partial charge < -0.3 is 9.84 Å². The maximum Gasteiger partial charge on any atom is 0.306 e. The molecule has 1 saturated heterocycles. The summed E-state index contributed by atoms with van der Waals surface area (Å²) in [4.78, 5) is 25.2. The van der Waals surface area contributed by atoms with Crippen LogP contribution in [0.4, 0.5) is 0 Å². The number of hydrogen-bond donors (Lipinski definition) is 1. The Hall–Kier alpha value is -0.940. The van der Waals surface area contributed by atoms with E-state index in [2.05, 4.69) is 4.90 Å². The summed E-state index contributed by atoms with van der Waals surface area (Å²) in [5, 5.41) is 9.04. The summed E-state index contributed by atoms with van der Waals surface area (Å²) in [6, 6.07) is 0. The number of fused-ring (bicyclic) bond motifs is 2. The van der Waals surface area contributed by atoms with Crippen LogP contribution in [0.2, 0.25) is 0 Å². The predicted molar refractivity (Wildman–Crippen MR) is 60.7 cm³/mol. The van der Waals surface area contributed by atoms with Crippen LogP contribution in [0.1, 0.15) is 12.8 Å². The highest BCUT2D eigenvalue weighted by molar-refractivity contribution is 5.87. The molecule has 0 amide bonds. The van der Waals surface area contributed by atoms with Gasteiger partial charge in [-0.1, -0.05) is 0 Å². The van der Waals surface area contributed by atoms with Gasteiger partial charge in [-0.2, -0.15) is 0 Å². The van der Waals surface area contributed by atoms with Gasteiger partial charge in [0.15, 0.2) is 0 Å². The topological polar surface area (TPSA) is 66.8 Å². The van der Waals surface area contributed by atoms with Gasteiger partial charge in [-0.15, -0.1) is 0 Å². The quantitative estimate of drug-likeness (QED) is 0.764. The summed E-state index contributed by atoms with van der Waals surface area (Å²) in [7, 11) is 1.66. The van der Waals surface area contributed by atoms with E-state index >= 15 is 0 Å². The van der Waals surface area contributed by atoms with E-state index in [1.54, 1.807) is 7.11 Å². The molecule has 0 aromatic heterocycles. The first kappa shape index (κ1) is 12.5. The van der Waals surface area contributed by atoms with Gasteiger partial charge in [0.05, 0.1) is 12.5 Å². The number of carbonyl (C=O) groups excluding carboxylic acids is 1. The summed E-state index contributed by atoms with van der Waals surface area (Å²) in [5.41, 5.74) is 0. The molecule has 2 atom stereocenters. The number of Topliss-reactive ketones (excluding diaryl/α,β-unsaturated/α-hetero) is 1. The molecule has 0 spiro atoms. The fraction of sp³-hybridized carbons (Fsp3) is 0.833. The monoisotopic (exact) mass is 241 g/mol. The van der Waals surface area contributed by atoms with Crippen LogP contribution >= 0.6 is 0 Å². The van der Waals surface area contributed by atoms with Crippen LogP contribution in [0.15, 0.2) is 0 Å². The first-order chi connectivity index (χ1) is 8.11. The first-order valence-corrected chi connectivity index (χ1v) is 6.09. The standard InChI is InChI=1S/C12H19NO4/c1-17-3-2-13-6-9-4-8(12(15)16)5-10(7-13)11(9)14/h8-10H,2-7H2,1H3,(H,15,16). The normalized spacial score (nSPS) is 33.7. The van der Waals surface area contributed by atoms with E-state index in [0.29, 0.717) is 32.5 Å². The van der Waals surface area contributed by atoms with Crippen LogP contribution in [-0.4, -0.2) is 55.1 Å². The van der Waals surface area contributed by atoms with Gasteiger partial charge in [0, 0.05) is 38.6 Å². The molecule has 0 aromatic rings. The summed E-state index contributed by atoms with van der Waals surface area (Å²) in [6.07, 6.45) is 1.02. The predicted octanol–water partition coefficient (Wildman–Crippen LogP) is 0.244. The smallest absolute Gasteiger partial charge is 0.306 e. The number of ketones is 1. The fourth-order valence-corrected chi connectivity index (χ4v) is 2.98. The lowest BCUT2D eigenvalue weighted by molar-refractivity contribution is -0.149. The van der Waals surface area contributed by atoms with Crippen molar-refractivity contribution in [1.29, 1.82) is 0 Å². The van der Waals surface area contributed by atoms with E-state index in [4.69, 9.17) is 9.84 Å². The number of ether oxygens (including phenoxy) is 1. The summed E-state index contributed by atoms with van der Waals surface area (Å²) >= 11 is 0.